The van der Waals surface area contributed by atoms with E-state index in [1.807, 2.05) is 6.92 Å². The molecule has 0 aliphatic rings. The molecule has 1 heterocycles. The molecule has 1 unspecified atom stereocenters. The van der Waals surface area contributed by atoms with Crippen molar-refractivity contribution in [2.75, 3.05) is 0 Å². The van der Waals surface area contributed by atoms with Crippen molar-refractivity contribution < 1.29 is 4.79 Å². The first-order valence-corrected chi connectivity index (χ1v) is 7.30. The lowest BCUT2D eigenvalue weighted by molar-refractivity contribution is 0.0929. The van der Waals surface area contributed by atoms with E-state index in [4.69, 9.17) is 0 Å². The zero-order valence-electron chi connectivity index (χ0n) is 13.0. The molecule has 2 N–H and O–H groups in total. The standard InChI is InChI=1S/C16H22N4O/c1-5-6-14-18-15(20-19-14)16(21)17-12(4)13-8-7-10(2)9-11(13)3/h7-9,12H,5-6H2,1-4H3,(H,17,21)(H,18,19,20). The van der Waals surface area contributed by atoms with Gasteiger partial charge in [0.2, 0.25) is 5.82 Å². The van der Waals surface area contributed by atoms with Gasteiger partial charge in [-0.05, 0) is 38.3 Å². The van der Waals surface area contributed by atoms with E-state index in [-0.39, 0.29) is 17.8 Å². The van der Waals surface area contributed by atoms with E-state index in [1.54, 1.807) is 0 Å². The average Bonchev–Trinajstić information content (AvgIpc) is 2.87. The fraction of sp³-hybridized carbons (Fsp3) is 0.438. The van der Waals surface area contributed by atoms with Crippen LogP contribution in [0.1, 0.15) is 59.4 Å². The molecule has 0 saturated carbocycles. The normalized spacial score (nSPS) is 12.2. The van der Waals surface area contributed by atoms with Gasteiger partial charge in [0.1, 0.15) is 5.82 Å². The molecular weight excluding hydrogens is 264 g/mol. The summed E-state index contributed by atoms with van der Waals surface area (Å²) in [5, 5.41) is 9.71. The second kappa shape index (κ2) is 6.52. The molecule has 0 spiro atoms. The third kappa shape index (κ3) is 3.68. The van der Waals surface area contributed by atoms with Crippen LogP contribution in [0.15, 0.2) is 18.2 Å². The van der Waals surface area contributed by atoms with E-state index in [1.165, 1.54) is 11.1 Å². The summed E-state index contributed by atoms with van der Waals surface area (Å²) in [4.78, 5) is 16.4. The number of carbonyl (C=O) groups excluding carboxylic acids is 1. The first kappa shape index (κ1) is 15.2. The molecule has 0 aliphatic heterocycles. The molecular formula is C16H22N4O. The van der Waals surface area contributed by atoms with Crippen LogP contribution in [0, 0.1) is 13.8 Å². The quantitative estimate of drug-likeness (QED) is 0.888. The minimum Gasteiger partial charge on any atom is -0.343 e. The SMILES string of the molecule is CCCc1nc(C(=O)NC(C)c2ccc(C)cc2C)n[nH]1. The third-order valence-electron chi connectivity index (χ3n) is 3.46. The minimum absolute atomic E-state index is 0.0776. The van der Waals surface area contributed by atoms with Crippen LogP contribution in [-0.4, -0.2) is 21.1 Å². The molecule has 2 aromatic rings. The first-order chi connectivity index (χ1) is 10.0. The molecule has 1 amide bonds. The second-order valence-corrected chi connectivity index (χ2v) is 5.41. The van der Waals surface area contributed by atoms with Gasteiger partial charge in [-0.1, -0.05) is 30.7 Å². The number of aromatic amines is 1. The zero-order chi connectivity index (χ0) is 15.4. The van der Waals surface area contributed by atoms with Crippen LogP contribution < -0.4 is 5.32 Å². The fourth-order valence-corrected chi connectivity index (χ4v) is 2.40. The van der Waals surface area contributed by atoms with Gasteiger partial charge in [0.05, 0.1) is 6.04 Å². The van der Waals surface area contributed by atoms with Gasteiger partial charge in [0.25, 0.3) is 5.91 Å². The molecule has 0 bridgehead atoms. The van der Waals surface area contributed by atoms with Crippen LogP contribution in [0.2, 0.25) is 0 Å². The Bertz CT molecular complexity index is 633. The molecule has 1 aromatic carbocycles. The van der Waals surface area contributed by atoms with E-state index < -0.39 is 0 Å². The lowest BCUT2D eigenvalue weighted by Crippen LogP contribution is -2.28. The molecule has 0 aliphatic carbocycles. The number of nitrogens with zero attached hydrogens (tertiary/aromatic N) is 2. The van der Waals surface area contributed by atoms with Crippen molar-refractivity contribution in [3.05, 3.63) is 46.5 Å². The van der Waals surface area contributed by atoms with Crippen molar-refractivity contribution in [2.24, 2.45) is 0 Å². The number of carbonyl (C=O) groups is 1. The summed E-state index contributed by atoms with van der Waals surface area (Å²) in [6.07, 6.45) is 1.77. The summed E-state index contributed by atoms with van der Waals surface area (Å²) in [5.74, 6) is 0.706. The number of nitrogens with one attached hydrogen (secondary N) is 2. The van der Waals surface area contributed by atoms with Gasteiger partial charge in [-0.25, -0.2) is 4.98 Å². The van der Waals surface area contributed by atoms with Gasteiger partial charge in [-0.3, -0.25) is 9.89 Å². The van der Waals surface area contributed by atoms with Crippen molar-refractivity contribution >= 4 is 5.91 Å². The molecule has 5 heteroatoms. The van der Waals surface area contributed by atoms with Gasteiger partial charge in [-0.15, -0.1) is 5.10 Å². The number of benzene rings is 1. The molecule has 5 nitrogen and oxygen atoms in total. The Hall–Kier alpha value is -2.17. The van der Waals surface area contributed by atoms with Gasteiger partial charge in [0, 0.05) is 6.42 Å². The minimum atomic E-state index is -0.249. The number of rotatable bonds is 5. The van der Waals surface area contributed by atoms with Crippen LogP contribution in [0.4, 0.5) is 0 Å². The number of H-pyrrole nitrogens is 1. The Kier molecular flexibility index (Phi) is 4.73. The Labute approximate surface area is 125 Å². The number of hydrogen-bond donors (Lipinski definition) is 2. The molecule has 112 valence electrons. The number of aryl methyl sites for hydroxylation is 3. The monoisotopic (exact) mass is 286 g/mol. The predicted octanol–water partition coefficient (Wildman–Crippen LogP) is 2.87. The first-order valence-electron chi connectivity index (χ1n) is 7.30. The summed E-state index contributed by atoms with van der Waals surface area (Å²) in [6, 6.07) is 6.14. The van der Waals surface area contributed by atoms with Gasteiger partial charge in [0.15, 0.2) is 0 Å². The summed E-state index contributed by atoms with van der Waals surface area (Å²) in [5.41, 5.74) is 3.50. The van der Waals surface area contributed by atoms with Crippen molar-refractivity contribution in [2.45, 2.75) is 46.6 Å². The van der Waals surface area contributed by atoms with Gasteiger partial charge >= 0.3 is 0 Å². The third-order valence-corrected chi connectivity index (χ3v) is 3.46. The smallest absolute Gasteiger partial charge is 0.291 e. The Balaban J connectivity index is 2.07. The highest BCUT2D eigenvalue weighted by Gasteiger charge is 2.16. The van der Waals surface area contributed by atoms with Gasteiger partial charge < -0.3 is 5.32 Å². The topological polar surface area (TPSA) is 70.7 Å². The lowest BCUT2D eigenvalue weighted by atomic mass is 10.0. The van der Waals surface area contributed by atoms with Crippen molar-refractivity contribution in [3.8, 4) is 0 Å². The molecule has 21 heavy (non-hydrogen) atoms. The summed E-state index contributed by atoms with van der Waals surface area (Å²) in [6.45, 7) is 8.14. The predicted molar refractivity (Wildman–Crippen MR) is 82.2 cm³/mol. The van der Waals surface area contributed by atoms with Crippen molar-refractivity contribution in [1.82, 2.24) is 20.5 Å². The second-order valence-electron chi connectivity index (χ2n) is 5.41. The highest BCUT2D eigenvalue weighted by Crippen LogP contribution is 2.18. The number of aromatic nitrogens is 3. The molecule has 0 fully saturated rings. The van der Waals surface area contributed by atoms with E-state index in [0.29, 0.717) is 0 Å². The highest BCUT2D eigenvalue weighted by molar-refractivity contribution is 5.90. The zero-order valence-corrected chi connectivity index (χ0v) is 13.0. The Morgan fingerprint density at radius 3 is 2.81 bits per heavy atom. The number of hydrogen-bond acceptors (Lipinski definition) is 3. The van der Waals surface area contributed by atoms with E-state index in [9.17, 15) is 4.79 Å². The molecule has 0 saturated heterocycles. The Morgan fingerprint density at radius 2 is 2.14 bits per heavy atom. The maximum atomic E-state index is 12.2. The van der Waals surface area contributed by atoms with Crippen LogP contribution >= 0.6 is 0 Å². The van der Waals surface area contributed by atoms with Crippen molar-refractivity contribution in [1.29, 1.82) is 0 Å². The average molecular weight is 286 g/mol. The Morgan fingerprint density at radius 1 is 1.38 bits per heavy atom. The van der Waals surface area contributed by atoms with Crippen LogP contribution in [0.5, 0.6) is 0 Å². The van der Waals surface area contributed by atoms with Crippen molar-refractivity contribution in [3.63, 3.8) is 0 Å². The largest absolute Gasteiger partial charge is 0.343 e. The van der Waals surface area contributed by atoms with Gasteiger partial charge in [-0.2, -0.15) is 0 Å². The fourth-order valence-electron chi connectivity index (χ4n) is 2.40. The maximum absolute atomic E-state index is 12.2. The van der Waals surface area contributed by atoms with E-state index in [2.05, 4.69) is 59.5 Å². The maximum Gasteiger partial charge on any atom is 0.291 e. The van der Waals surface area contributed by atoms with E-state index >= 15 is 0 Å². The molecule has 1 atom stereocenters. The molecule has 1 aromatic heterocycles. The summed E-state index contributed by atoms with van der Waals surface area (Å²) >= 11 is 0. The summed E-state index contributed by atoms with van der Waals surface area (Å²) < 4.78 is 0. The van der Waals surface area contributed by atoms with Crippen LogP contribution in [0.25, 0.3) is 0 Å². The molecule has 2 rings (SSSR count). The van der Waals surface area contributed by atoms with E-state index in [0.717, 1.165) is 24.2 Å². The summed E-state index contributed by atoms with van der Waals surface area (Å²) in [7, 11) is 0. The van der Waals surface area contributed by atoms with Crippen LogP contribution in [-0.2, 0) is 6.42 Å². The highest BCUT2D eigenvalue weighted by atomic mass is 16.2. The molecule has 0 radical (unpaired) electrons. The number of amides is 1. The lowest BCUT2D eigenvalue weighted by Gasteiger charge is -2.16. The van der Waals surface area contributed by atoms with Crippen LogP contribution in [0.3, 0.4) is 0 Å².